The Bertz CT molecular complexity index is 409. The number of esters is 1. The van der Waals surface area contributed by atoms with Crippen molar-refractivity contribution in [1.29, 1.82) is 0 Å². The molecule has 0 atom stereocenters. The molecule has 2 aliphatic rings. The van der Waals surface area contributed by atoms with E-state index in [9.17, 15) is 4.79 Å². The van der Waals surface area contributed by atoms with Crippen LogP contribution in [0.1, 0.15) is 53.9 Å². The summed E-state index contributed by atoms with van der Waals surface area (Å²) in [5.41, 5.74) is 2.22. The molecule has 0 unspecified atom stereocenters. The van der Waals surface area contributed by atoms with E-state index in [2.05, 4.69) is 37.7 Å². The lowest BCUT2D eigenvalue weighted by atomic mass is 9.75. The van der Waals surface area contributed by atoms with Gasteiger partial charge < -0.3 is 14.5 Å². The first-order valence-corrected chi connectivity index (χ1v) is 8.68. The zero-order chi connectivity index (χ0) is 16.9. The summed E-state index contributed by atoms with van der Waals surface area (Å²) in [5, 5.41) is 0. The van der Waals surface area contributed by atoms with Gasteiger partial charge in [0.15, 0.2) is 0 Å². The minimum atomic E-state index is -0.149. The van der Waals surface area contributed by atoms with Crippen LogP contribution in [-0.2, 0) is 9.53 Å². The van der Waals surface area contributed by atoms with Crippen molar-refractivity contribution >= 4 is 5.97 Å². The molecule has 1 fully saturated rings. The number of hydrogen-bond acceptors (Lipinski definition) is 4. The summed E-state index contributed by atoms with van der Waals surface area (Å²) in [6, 6.07) is 0. The van der Waals surface area contributed by atoms with Gasteiger partial charge in [-0.25, -0.2) is 4.79 Å². The predicted octanol–water partition coefficient (Wildman–Crippen LogP) is 3.29. The van der Waals surface area contributed by atoms with Crippen molar-refractivity contribution in [2.75, 3.05) is 33.8 Å². The van der Waals surface area contributed by atoms with Gasteiger partial charge in [0.25, 0.3) is 0 Å². The van der Waals surface area contributed by atoms with Crippen LogP contribution in [0.5, 0.6) is 0 Å². The van der Waals surface area contributed by atoms with Gasteiger partial charge in [0, 0.05) is 17.8 Å². The van der Waals surface area contributed by atoms with Gasteiger partial charge in [-0.3, -0.25) is 0 Å². The summed E-state index contributed by atoms with van der Waals surface area (Å²) >= 11 is 0. The molecule has 1 heterocycles. The van der Waals surface area contributed by atoms with Crippen molar-refractivity contribution in [3.63, 3.8) is 0 Å². The third kappa shape index (κ3) is 3.83. The highest BCUT2D eigenvalue weighted by Gasteiger charge is 2.41. The van der Waals surface area contributed by atoms with E-state index in [-0.39, 0.29) is 11.5 Å². The summed E-state index contributed by atoms with van der Waals surface area (Å²) in [5.74, 6) is 0.198. The maximum absolute atomic E-state index is 11.9. The maximum Gasteiger partial charge on any atom is 0.335 e. The van der Waals surface area contributed by atoms with E-state index >= 15 is 0 Å². The van der Waals surface area contributed by atoms with Crippen LogP contribution in [0.3, 0.4) is 0 Å². The third-order valence-electron chi connectivity index (χ3n) is 4.89. The van der Waals surface area contributed by atoms with Crippen LogP contribution >= 0.6 is 0 Å². The Morgan fingerprint density at radius 1 is 1.27 bits per heavy atom. The van der Waals surface area contributed by atoms with Gasteiger partial charge in [-0.05, 0) is 46.2 Å². The molecule has 1 saturated carbocycles. The highest BCUT2D eigenvalue weighted by Crippen LogP contribution is 2.38. The van der Waals surface area contributed by atoms with Gasteiger partial charge in [-0.2, -0.15) is 0 Å². The number of carbonyl (C=O) groups is 1. The Hall–Kier alpha value is -1.03. The minimum Gasteiger partial charge on any atom is -0.460 e. The van der Waals surface area contributed by atoms with Crippen LogP contribution < -0.4 is 0 Å². The first-order chi connectivity index (χ1) is 10.4. The van der Waals surface area contributed by atoms with E-state index in [1.165, 1.54) is 25.0 Å². The molecule has 0 radical (unpaired) electrons. The third-order valence-corrected chi connectivity index (χ3v) is 4.89. The van der Waals surface area contributed by atoms with E-state index in [4.69, 9.17) is 4.74 Å². The molecule has 128 valence electrons. The zero-order valence-electron chi connectivity index (χ0n) is 15.5. The van der Waals surface area contributed by atoms with Crippen molar-refractivity contribution in [1.82, 2.24) is 9.80 Å². The zero-order valence-corrected chi connectivity index (χ0v) is 15.5. The number of rotatable bonds is 4. The molecule has 0 bridgehead atoms. The number of hydrogen-bond donors (Lipinski definition) is 0. The van der Waals surface area contributed by atoms with Crippen molar-refractivity contribution in [3.8, 4) is 0 Å². The molecule has 0 aromatic heterocycles. The monoisotopic (exact) mass is 310 g/mol. The Morgan fingerprint density at radius 3 is 2.27 bits per heavy atom. The Labute approximate surface area is 136 Å². The molecule has 0 aromatic rings. The SMILES string of the molecule is CC.CC1=C(C(C)C)N(CC2(N(C)C)CCC2)CCOC1=O. The van der Waals surface area contributed by atoms with Gasteiger partial charge in [-0.15, -0.1) is 0 Å². The molecule has 0 amide bonds. The first kappa shape index (κ1) is 19.0. The largest absolute Gasteiger partial charge is 0.460 e. The average Bonchev–Trinajstić information content (AvgIpc) is 2.56. The normalized spacial score (nSPS) is 21.1. The van der Waals surface area contributed by atoms with Crippen LogP contribution in [-0.4, -0.2) is 55.1 Å². The van der Waals surface area contributed by atoms with E-state index in [1.807, 2.05) is 20.8 Å². The lowest BCUT2D eigenvalue weighted by Gasteiger charge is -2.50. The molecule has 4 heteroatoms. The van der Waals surface area contributed by atoms with Crippen molar-refractivity contribution in [2.45, 2.75) is 59.4 Å². The number of carbonyl (C=O) groups excluding carboxylic acids is 1. The van der Waals surface area contributed by atoms with Crippen LogP contribution in [0.25, 0.3) is 0 Å². The predicted molar refractivity (Wildman–Crippen MR) is 91.7 cm³/mol. The topological polar surface area (TPSA) is 32.8 Å². The molecule has 0 aromatic carbocycles. The maximum atomic E-state index is 11.9. The lowest BCUT2D eigenvalue weighted by molar-refractivity contribution is -0.138. The van der Waals surface area contributed by atoms with Gasteiger partial charge in [0.2, 0.25) is 0 Å². The molecule has 22 heavy (non-hydrogen) atoms. The van der Waals surface area contributed by atoms with Gasteiger partial charge in [0.05, 0.1) is 12.1 Å². The van der Waals surface area contributed by atoms with E-state index in [1.54, 1.807) is 0 Å². The second kappa shape index (κ2) is 8.00. The molecule has 0 saturated heterocycles. The van der Waals surface area contributed by atoms with Gasteiger partial charge in [-0.1, -0.05) is 27.7 Å². The summed E-state index contributed by atoms with van der Waals surface area (Å²) in [4.78, 5) is 16.7. The molecule has 0 N–H and O–H groups in total. The lowest BCUT2D eigenvalue weighted by Crippen LogP contribution is -2.57. The molecule has 2 rings (SSSR count). The number of cyclic esters (lactones) is 1. The van der Waals surface area contributed by atoms with Crippen molar-refractivity contribution in [3.05, 3.63) is 11.3 Å². The van der Waals surface area contributed by atoms with Crippen molar-refractivity contribution in [2.24, 2.45) is 5.92 Å². The minimum absolute atomic E-state index is 0.149. The summed E-state index contributed by atoms with van der Waals surface area (Å²) in [6.07, 6.45) is 3.80. The number of nitrogens with zero attached hydrogens (tertiary/aromatic N) is 2. The van der Waals surface area contributed by atoms with Crippen molar-refractivity contribution < 1.29 is 9.53 Å². The van der Waals surface area contributed by atoms with Crippen LogP contribution in [0, 0.1) is 5.92 Å². The van der Waals surface area contributed by atoms with E-state index < -0.39 is 0 Å². The van der Waals surface area contributed by atoms with E-state index in [0.717, 1.165) is 18.7 Å². The number of likely N-dealkylation sites (N-methyl/N-ethyl adjacent to an activating group) is 1. The molecular formula is C18H34N2O2. The van der Waals surface area contributed by atoms with Crippen LogP contribution in [0.4, 0.5) is 0 Å². The molecule has 4 nitrogen and oxygen atoms in total. The number of allylic oxidation sites excluding steroid dienone is 1. The van der Waals surface area contributed by atoms with Gasteiger partial charge in [0.1, 0.15) is 6.61 Å². The summed E-state index contributed by atoms with van der Waals surface area (Å²) < 4.78 is 5.30. The standard InChI is InChI=1S/C16H28N2O2.C2H6/c1-12(2)14-13(3)15(19)20-10-9-18(14)11-16(17(4)5)7-6-8-16;1-2/h12H,6-11H2,1-5H3;1-2H3. The Morgan fingerprint density at radius 2 is 1.86 bits per heavy atom. The van der Waals surface area contributed by atoms with Gasteiger partial charge >= 0.3 is 5.97 Å². The Balaban J connectivity index is 0.00000116. The fraction of sp³-hybridized carbons (Fsp3) is 0.833. The van der Waals surface area contributed by atoms with E-state index in [0.29, 0.717) is 12.5 Å². The molecular weight excluding hydrogens is 276 g/mol. The second-order valence-corrected chi connectivity index (χ2v) is 6.69. The fourth-order valence-electron chi connectivity index (χ4n) is 3.47. The fourth-order valence-corrected chi connectivity index (χ4v) is 3.47. The average molecular weight is 310 g/mol. The van der Waals surface area contributed by atoms with Crippen LogP contribution in [0.15, 0.2) is 11.3 Å². The molecule has 1 aliphatic carbocycles. The second-order valence-electron chi connectivity index (χ2n) is 6.69. The summed E-state index contributed by atoms with van der Waals surface area (Å²) in [7, 11) is 4.34. The quantitative estimate of drug-likeness (QED) is 0.746. The molecule has 1 aliphatic heterocycles. The Kier molecular flexibility index (Phi) is 6.92. The first-order valence-electron chi connectivity index (χ1n) is 8.68. The van der Waals surface area contributed by atoms with Crippen LogP contribution in [0.2, 0.25) is 0 Å². The molecule has 0 spiro atoms. The number of ether oxygens (including phenoxy) is 1. The summed E-state index contributed by atoms with van der Waals surface area (Å²) in [6.45, 7) is 12.5. The highest BCUT2D eigenvalue weighted by molar-refractivity contribution is 5.88. The smallest absolute Gasteiger partial charge is 0.335 e. The highest BCUT2D eigenvalue weighted by atomic mass is 16.5.